The number of ketones is 1. The summed E-state index contributed by atoms with van der Waals surface area (Å²) in [6.45, 7) is 0. The van der Waals surface area contributed by atoms with Crippen LogP contribution in [-0.4, -0.2) is 5.78 Å². The smallest absolute Gasteiger partial charge is 0.205 e. The molecule has 0 bridgehead atoms. The second kappa shape index (κ2) is 7.35. The van der Waals surface area contributed by atoms with Crippen LogP contribution in [0.2, 0.25) is 10.0 Å². The van der Waals surface area contributed by atoms with Gasteiger partial charge in [-0.2, -0.15) is 5.26 Å². The van der Waals surface area contributed by atoms with Crippen molar-refractivity contribution in [3.63, 3.8) is 0 Å². The van der Waals surface area contributed by atoms with Crippen LogP contribution in [0.15, 0.2) is 71.3 Å². The van der Waals surface area contributed by atoms with E-state index in [0.717, 1.165) is 11.1 Å². The molecular weight excluding hydrogens is 395 g/mol. The first kappa shape index (κ1) is 18.6. The Morgan fingerprint density at radius 1 is 1.04 bits per heavy atom. The molecule has 4 rings (SSSR count). The van der Waals surface area contributed by atoms with Crippen molar-refractivity contribution >= 4 is 29.0 Å². The summed E-state index contributed by atoms with van der Waals surface area (Å²) in [6.07, 6.45) is 0.843. The molecule has 0 unspecified atom stereocenters. The highest BCUT2D eigenvalue weighted by atomic mass is 35.5. The first-order valence-corrected chi connectivity index (χ1v) is 9.58. The van der Waals surface area contributed by atoms with Gasteiger partial charge in [0.25, 0.3) is 0 Å². The van der Waals surface area contributed by atoms with Gasteiger partial charge in [-0.25, -0.2) is 0 Å². The highest BCUT2D eigenvalue weighted by Crippen LogP contribution is 2.46. The van der Waals surface area contributed by atoms with Crippen molar-refractivity contribution < 1.29 is 9.53 Å². The molecule has 2 aromatic rings. The molecule has 1 aliphatic heterocycles. The van der Waals surface area contributed by atoms with Gasteiger partial charge in [0.05, 0.1) is 5.92 Å². The molecule has 0 spiro atoms. The average Bonchev–Trinajstić information content (AvgIpc) is 2.67. The molecule has 28 heavy (non-hydrogen) atoms. The van der Waals surface area contributed by atoms with E-state index in [-0.39, 0.29) is 23.2 Å². The van der Waals surface area contributed by atoms with Crippen molar-refractivity contribution in [2.75, 3.05) is 0 Å². The maximum Gasteiger partial charge on any atom is 0.205 e. The van der Waals surface area contributed by atoms with E-state index in [2.05, 4.69) is 6.07 Å². The van der Waals surface area contributed by atoms with Crippen molar-refractivity contribution in [2.45, 2.75) is 24.7 Å². The van der Waals surface area contributed by atoms with Gasteiger partial charge in [0.15, 0.2) is 5.78 Å². The van der Waals surface area contributed by atoms with E-state index in [0.29, 0.717) is 34.2 Å². The van der Waals surface area contributed by atoms with E-state index in [4.69, 9.17) is 33.7 Å². The molecule has 2 atom stereocenters. The number of nitrogens with two attached hydrogens (primary N) is 1. The van der Waals surface area contributed by atoms with Crippen LogP contribution in [0.5, 0.6) is 0 Å². The molecule has 0 radical (unpaired) electrons. The number of halogens is 2. The average molecular weight is 411 g/mol. The van der Waals surface area contributed by atoms with Gasteiger partial charge in [0, 0.05) is 28.5 Å². The van der Waals surface area contributed by atoms with Gasteiger partial charge in [0.2, 0.25) is 5.88 Å². The Hall–Kier alpha value is -2.74. The molecule has 1 heterocycles. The van der Waals surface area contributed by atoms with Crippen LogP contribution in [0, 0.1) is 11.3 Å². The van der Waals surface area contributed by atoms with E-state index >= 15 is 0 Å². The van der Waals surface area contributed by atoms with Crippen molar-refractivity contribution in [1.82, 2.24) is 0 Å². The number of ether oxygens (including phenoxy) is 1. The molecule has 0 saturated heterocycles. The predicted molar refractivity (Wildman–Crippen MR) is 108 cm³/mol. The monoisotopic (exact) mass is 410 g/mol. The number of carbonyl (C=O) groups is 1. The van der Waals surface area contributed by atoms with Gasteiger partial charge < -0.3 is 10.5 Å². The molecule has 0 saturated carbocycles. The minimum absolute atomic E-state index is 0.0424. The minimum Gasteiger partial charge on any atom is -0.444 e. The number of carbonyl (C=O) groups excluding carboxylic acids is 1. The second-order valence-corrected chi connectivity index (χ2v) is 7.77. The van der Waals surface area contributed by atoms with Crippen LogP contribution in [0.1, 0.15) is 35.8 Å². The highest BCUT2D eigenvalue weighted by Gasteiger charge is 2.40. The van der Waals surface area contributed by atoms with Gasteiger partial charge >= 0.3 is 0 Å². The molecular formula is C22H16Cl2N2O2. The molecule has 0 amide bonds. The topological polar surface area (TPSA) is 76.1 Å². The Labute approximate surface area is 172 Å². The Kier molecular flexibility index (Phi) is 4.89. The fourth-order valence-corrected chi connectivity index (χ4v) is 4.22. The van der Waals surface area contributed by atoms with Gasteiger partial charge in [-0.3, -0.25) is 4.79 Å². The number of hydrogen-bond acceptors (Lipinski definition) is 4. The van der Waals surface area contributed by atoms with E-state index in [1.165, 1.54) is 0 Å². The lowest BCUT2D eigenvalue weighted by molar-refractivity contribution is -0.117. The van der Waals surface area contributed by atoms with Crippen molar-refractivity contribution in [3.8, 4) is 6.07 Å². The number of hydrogen-bond donors (Lipinski definition) is 1. The van der Waals surface area contributed by atoms with Gasteiger partial charge in [-0.15, -0.1) is 0 Å². The second-order valence-electron chi connectivity index (χ2n) is 6.90. The van der Waals surface area contributed by atoms with Gasteiger partial charge in [-0.05, 0) is 41.3 Å². The van der Waals surface area contributed by atoms with Crippen LogP contribution >= 0.6 is 23.2 Å². The Morgan fingerprint density at radius 2 is 1.79 bits per heavy atom. The van der Waals surface area contributed by atoms with Crippen molar-refractivity contribution in [3.05, 3.63) is 92.5 Å². The van der Waals surface area contributed by atoms with Crippen LogP contribution in [-0.2, 0) is 9.53 Å². The van der Waals surface area contributed by atoms with Crippen molar-refractivity contribution in [2.24, 2.45) is 5.73 Å². The maximum atomic E-state index is 13.1. The van der Waals surface area contributed by atoms with Gasteiger partial charge in [-0.1, -0.05) is 47.5 Å². The van der Waals surface area contributed by atoms with E-state index < -0.39 is 5.92 Å². The molecule has 140 valence electrons. The third-order valence-electron chi connectivity index (χ3n) is 5.18. The SMILES string of the molecule is N#CC1=C(N)OC2=C(C(=O)C[C@H](c3cccc(Cl)c3)C2)[C@@H]1c1ccc(Cl)cc1. The molecule has 1 aliphatic carbocycles. The molecule has 0 fully saturated rings. The minimum atomic E-state index is -0.543. The molecule has 0 aromatic heterocycles. The number of nitriles is 1. The quantitative estimate of drug-likeness (QED) is 0.737. The number of rotatable bonds is 2. The lowest BCUT2D eigenvalue weighted by Gasteiger charge is -2.34. The summed E-state index contributed by atoms with van der Waals surface area (Å²) in [5, 5.41) is 10.8. The lowest BCUT2D eigenvalue weighted by Crippen LogP contribution is -2.29. The third kappa shape index (κ3) is 3.28. The Balaban J connectivity index is 1.78. The zero-order chi connectivity index (χ0) is 19.8. The third-order valence-corrected chi connectivity index (χ3v) is 5.67. The first-order valence-electron chi connectivity index (χ1n) is 8.82. The number of allylic oxidation sites excluding steroid dienone is 3. The molecule has 2 N–H and O–H groups in total. The Morgan fingerprint density at radius 3 is 2.46 bits per heavy atom. The lowest BCUT2D eigenvalue weighted by atomic mass is 9.73. The summed E-state index contributed by atoms with van der Waals surface area (Å²) in [5.74, 6) is -0.0732. The summed E-state index contributed by atoms with van der Waals surface area (Å²) in [5.41, 5.74) is 8.57. The summed E-state index contributed by atoms with van der Waals surface area (Å²) in [7, 11) is 0. The van der Waals surface area contributed by atoms with Crippen LogP contribution in [0.25, 0.3) is 0 Å². The standard InChI is InChI=1S/C22H16Cl2N2O2/c23-15-6-4-12(5-7-15)20-17(11-25)22(26)28-19-10-14(9-18(27)21(19)20)13-2-1-3-16(24)8-13/h1-8,14,20H,9-10,26H2/t14-,20+/m0/s1. The molecule has 2 aromatic carbocycles. The van der Waals surface area contributed by atoms with Crippen LogP contribution < -0.4 is 5.73 Å². The number of Topliss-reactive ketones (excluding diaryl/α,β-unsaturated/α-hetero) is 1. The van der Waals surface area contributed by atoms with Crippen molar-refractivity contribution in [1.29, 1.82) is 5.26 Å². The van der Waals surface area contributed by atoms with E-state index in [9.17, 15) is 10.1 Å². The van der Waals surface area contributed by atoms with Gasteiger partial charge in [0.1, 0.15) is 17.4 Å². The summed E-state index contributed by atoms with van der Waals surface area (Å²) in [4.78, 5) is 13.1. The predicted octanol–water partition coefficient (Wildman–Crippen LogP) is 5.20. The summed E-state index contributed by atoms with van der Waals surface area (Å²) in [6, 6.07) is 16.7. The fraction of sp³-hybridized carbons (Fsp3) is 0.182. The van der Waals surface area contributed by atoms with E-state index in [1.54, 1.807) is 18.2 Å². The normalized spacial score (nSPS) is 21.8. The zero-order valence-corrected chi connectivity index (χ0v) is 16.3. The Bertz CT molecular complexity index is 1060. The maximum absolute atomic E-state index is 13.1. The molecule has 6 heteroatoms. The molecule has 4 nitrogen and oxygen atoms in total. The first-order chi connectivity index (χ1) is 13.5. The highest BCUT2D eigenvalue weighted by molar-refractivity contribution is 6.30. The zero-order valence-electron chi connectivity index (χ0n) is 14.8. The molecule has 2 aliphatic rings. The fourth-order valence-electron chi connectivity index (χ4n) is 3.89. The number of nitrogens with zero attached hydrogens (tertiary/aromatic N) is 1. The largest absolute Gasteiger partial charge is 0.444 e. The van der Waals surface area contributed by atoms with Crippen LogP contribution in [0.4, 0.5) is 0 Å². The van der Waals surface area contributed by atoms with Crippen LogP contribution in [0.3, 0.4) is 0 Å². The summed E-state index contributed by atoms with van der Waals surface area (Å²) >= 11 is 12.1. The number of benzene rings is 2. The summed E-state index contributed by atoms with van der Waals surface area (Å²) < 4.78 is 5.76. The van der Waals surface area contributed by atoms with E-state index in [1.807, 2.05) is 30.3 Å².